The van der Waals surface area contributed by atoms with Crippen LogP contribution in [0.4, 0.5) is 0 Å². The molecule has 0 fully saturated rings. The molecule has 3 N–H and O–H groups in total. The number of methoxy groups -OCH3 is 1. The Bertz CT molecular complexity index is 812. The van der Waals surface area contributed by atoms with Gasteiger partial charge in [0.15, 0.2) is 5.96 Å². The fourth-order valence-electron chi connectivity index (χ4n) is 2.68. The quantitative estimate of drug-likeness (QED) is 0.296. The van der Waals surface area contributed by atoms with Crippen LogP contribution in [0, 0.1) is 6.92 Å². The summed E-state index contributed by atoms with van der Waals surface area (Å²) in [5, 5.41) is 9.31. The third-order valence-electron chi connectivity index (χ3n) is 4.27. The molecule has 1 aromatic carbocycles. The third kappa shape index (κ3) is 8.08. The average molecular weight is 414 g/mol. The summed E-state index contributed by atoms with van der Waals surface area (Å²) in [6, 6.07) is 9.61. The number of nitrogens with zero attached hydrogens (tertiary/aromatic N) is 2. The molecule has 0 saturated heterocycles. The predicted molar refractivity (Wildman–Crippen MR) is 118 cm³/mol. The zero-order valence-electron chi connectivity index (χ0n) is 17.9. The van der Waals surface area contributed by atoms with Gasteiger partial charge >= 0.3 is 0 Å². The van der Waals surface area contributed by atoms with Crippen molar-refractivity contribution in [1.29, 1.82) is 0 Å². The van der Waals surface area contributed by atoms with Crippen LogP contribution < -0.4 is 20.7 Å². The van der Waals surface area contributed by atoms with Crippen LogP contribution in [0.1, 0.15) is 27.9 Å². The highest BCUT2D eigenvalue weighted by atomic mass is 16.5. The van der Waals surface area contributed by atoms with E-state index in [1.807, 2.05) is 13.0 Å². The number of hydrogen-bond donors (Lipinski definition) is 3. The van der Waals surface area contributed by atoms with Gasteiger partial charge in [-0.05, 0) is 30.7 Å². The molecule has 8 heteroatoms. The molecule has 1 heterocycles. The lowest BCUT2D eigenvalue weighted by atomic mass is 10.1. The van der Waals surface area contributed by atoms with Gasteiger partial charge in [-0.15, -0.1) is 0 Å². The van der Waals surface area contributed by atoms with Crippen molar-refractivity contribution in [2.24, 2.45) is 4.99 Å². The normalized spacial score (nSPS) is 11.1. The van der Waals surface area contributed by atoms with Crippen LogP contribution in [0.2, 0.25) is 0 Å². The lowest BCUT2D eigenvalue weighted by molar-refractivity contribution is 0.0954. The zero-order valence-corrected chi connectivity index (χ0v) is 17.9. The zero-order chi connectivity index (χ0) is 21.6. The second-order valence-corrected chi connectivity index (χ2v) is 6.66. The number of carbonyl (C=O) groups excluding carboxylic acids is 1. The van der Waals surface area contributed by atoms with Crippen LogP contribution >= 0.6 is 0 Å². The maximum atomic E-state index is 12.0. The highest BCUT2D eigenvalue weighted by molar-refractivity contribution is 5.93. The lowest BCUT2D eigenvalue weighted by Gasteiger charge is -2.15. The summed E-state index contributed by atoms with van der Waals surface area (Å²) < 4.78 is 11.0. The van der Waals surface area contributed by atoms with E-state index in [0.29, 0.717) is 44.4 Å². The second kappa shape index (κ2) is 13.2. The van der Waals surface area contributed by atoms with E-state index in [4.69, 9.17) is 9.47 Å². The van der Waals surface area contributed by atoms with Crippen LogP contribution in [-0.4, -0.2) is 57.3 Å². The highest BCUT2D eigenvalue weighted by Gasteiger charge is 2.07. The van der Waals surface area contributed by atoms with Crippen molar-refractivity contribution in [3.8, 4) is 5.75 Å². The summed E-state index contributed by atoms with van der Waals surface area (Å²) in [5.74, 6) is 1.36. The Labute approximate surface area is 178 Å². The molecule has 0 aliphatic heterocycles. The summed E-state index contributed by atoms with van der Waals surface area (Å²) in [6.45, 7) is 4.90. The molecule has 8 nitrogen and oxygen atoms in total. The van der Waals surface area contributed by atoms with Gasteiger partial charge < -0.3 is 25.4 Å². The van der Waals surface area contributed by atoms with E-state index in [2.05, 4.69) is 38.1 Å². The molecule has 0 saturated carbocycles. The van der Waals surface area contributed by atoms with Gasteiger partial charge in [0.1, 0.15) is 5.75 Å². The van der Waals surface area contributed by atoms with E-state index in [9.17, 15) is 4.79 Å². The lowest BCUT2D eigenvalue weighted by Crippen LogP contribution is -2.41. The SMILES string of the molecule is CN=C(NCCNC(=O)c1cccnc1)NCc1ccc(C)cc1OCCCOC. The first-order chi connectivity index (χ1) is 14.6. The van der Waals surface area contributed by atoms with Crippen LogP contribution in [0.3, 0.4) is 0 Å². The van der Waals surface area contributed by atoms with Crippen molar-refractivity contribution < 1.29 is 14.3 Å². The number of rotatable bonds is 11. The van der Waals surface area contributed by atoms with Gasteiger partial charge in [0.25, 0.3) is 5.91 Å². The summed E-state index contributed by atoms with van der Waals surface area (Å²) in [4.78, 5) is 20.2. The van der Waals surface area contributed by atoms with E-state index >= 15 is 0 Å². The number of aryl methyl sites for hydroxylation is 1. The number of carbonyl (C=O) groups is 1. The number of pyridine rings is 1. The second-order valence-electron chi connectivity index (χ2n) is 6.66. The molecule has 2 rings (SSSR count). The minimum absolute atomic E-state index is 0.150. The summed E-state index contributed by atoms with van der Waals surface area (Å²) >= 11 is 0. The molecule has 30 heavy (non-hydrogen) atoms. The molecule has 0 atom stereocenters. The van der Waals surface area contributed by atoms with E-state index in [0.717, 1.165) is 23.3 Å². The Morgan fingerprint density at radius 3 is 2.70 bits per heavy atom. The molecule has 0 aliphatic rings. The molecule has 0 radical (unpaired) electrons. The molecule has 1 aromatic heterocycles. The smallest absolute Gasteiger partial charge is 0.252 e. The van der Waals surface area contributed by atoms with E-state index in [1.54, 1.807) is 38.7 Å². The van der Waals surface area contributed by atoms with Crippen LogP contribution in [0.5, 0.6) is 5.75 Å². The maximum absolute atomic E-state index is 12.0. The number of aromatic nitrogens is 1. The fourth-order valence-corrected chi connectivity index (χ4v) is 2.68. The third-order valence-corrected chi connectivity index (χ3v) is 4.27. The summed E-state index contributed by atoms with van der Waals surface area (Å²) in [6.07, 6.45) is 4.02. The summed E-state index contributed by atoms with van der Waals surface area (Å²) in [5.41, 5.74) is 2.73. The molecule has 2 aromatic rings. The number of benzene rings is 1. The number of nitrogens with one attached hydrogen (secondary N) is 3. The van der Waals surface area contributed by atoms with Gasteiger partial charge in [0, 0.05) is 64.8 Å². The van der Waals surface area contributed by atoms with E-state index in [1.165, 1.54) is 0 Å². The molecule has 1 amide bonds. The summed E-state index contributed by atoms with van der Waals surface area (Å²) in [7, 11) is 3.39. The first kappa shape index (κ1) is 23.2. The molecule has 0 aliphatic carbocycles. The Kier molecular flexibility index (Phi) is 10.2. The average Bonchev–Trinajstić information content (AvgIpc) is 2.77. The first-order valence-corrected chi connectivity index (χ1v) is 9.98. The minimum Gasteiger partial charge on any atom is -0.493 e. The monoisotopic (exact) mass is 413 g/mol. The molecular weight excluding hydrogens is 382 g/mol. The van der Waals surface area contributed by atoms with Crippen LogP contribution in [0.15, 0.2) is 47.7 Å². The molecule has 0 spiro atoms. The Morgan fingerprint density at radius 2 is 1.97 bits per heavy atom. The molecule has 0 bridgehead atoms. The Hall–Kier alpha value is -3.13. The van der Waals surface area contributed by atoms with Gasteiger partial charge in [0.05, 0.1) is 12.2 Å². The molecule has 0 unspecified atom stereocenters. The highest BCUT2D eigenvalue weighted by Crippen LogP contribution is 2.20. The van der Waals surface area contributed by atoms with Gasteiger partial charge in [0.2, 0.25) is 0 Å². The van der Waals surface area contributed by atoms with Gasteiger partial charge in [-0.2, -0.15) is 0 Å². The number of hydrogen-bond acceptors (Lipinski definition) is 5. The van der Waals surface area contributed by atoms with Crippen molar-refractivity contribution >= 4 is 11.9 Å². The topological polar surface area (TPSA) is 96.9 Å². The predicted octanol–water partition coefficient (Wildman–Crippen LogP) is 1.90. The van der Waals surface area contributed by atoms with Gasteiger partial charge in [-0.1, -0.05) is 12.1 Å². The number of amides is 1. The Morgan fingerprint density at radius 1 is 1.13 bits per heavy atom. The number of aliphatic imine (C=N–C) groups is 1. The van der Waals surface area contributed by atoms with Crippen molar-refractivity contribution in [2.45, 2.75) is 19.9 Å². The van der Waals surface area contributed by atoms with E-state index < -0.39 is 0 Å². The van der Waals surface area contributed by atoms with Crippen LogP contribution in [-0.2, 0) is 11.3 Å². The molecular formula is C22H31N5O3. The maximum Gasteiger partial charge on any atom is 0.252 e. The van der Waals surface area contributed by atoms with Crippen molar-refractivity contribution in [3.63, 3.8) is 0 Å². The van der Waals surface area contributed by atoms with Crippen LogP contribution in [0.25, 0.3) is 0 Å². The van der Waals surface area contributed by atoms with Gasteiger partial charge in [-0.3, -0.25) is 14.8 Å². The standard InChI is InChI=1S/C22H31N5O3/c1-17-7-8-18(20(14-17)30-13-5-12-29-3)16-27-22(23-2)26-11-10-25-21(28)19-6-4-9-24-15-19/h4,6-9,14-15H,5,10-13,16H2,1-3H3,(H,25,28)(H2,23,26,27). The first-order valence-electron chi connectivity index (χ1n) is 9.98. The molecule has 162 valence electrons. The van der Waals surface area contributed by atoms with Crippen molar-refractivity contribution in [3.05, 3.63) is 59.4 Å². The number of ether oxygens (including phenoxy) is 2. The fraction of sp³-hybridized carbons (Fsp3) is 0.409. The Balaban J connectivity index is 1.77. The minimum atomic E-state index is -0.150. The van der Waals surface area contributed by atoms with Crippen molar-refractivity contribution in [2.75, 3.05) is 40.5 Å². The van der Waals surface area contributed by atoms with Gasteiger partial charge in [-0.25, -0.2) is 0 Å². The van der Waals surface area contributed by atoms with Crippen molar-refractivity contribution in [1.82, 2.24) is 20.9 Å². The number of guanidine groups is 1. The largest absolute Gasteiger partial charge is 0.493 e. The van der Waals surface area contributed by atoms with E-state index in [-0.39, 0.29) is 5.91 Å².